The van der Waals surface area contributed by atoms with E-state index in [0.29, 0.717) is 25.7 Å². The van der Waals surface area contributed by atoms with Crippen LogP contribution in [0.4, 0.5) is 0 Å². The van der Waals surface area contributed by atoms with E-state index in [9.17, 15) is 19.5 Å². The Morgan fingerprint density at radius 1 is 1.33 bits per heavy atom. The summed E-state index contributed by atoms with van der Waals surface area (Å²) in [5.41, 5.74) is 0. The molecule has 1 heterocycles. The van der Waals surface area contributed by atoms with Crippen molar-refractivity contribution in [1.82, 2.24) is 4.90 Å². The lowest BCUT2D eigenvalue weighted by Gasteiger charge is -2.22. The number of carbonyl (C=O) groups excluding carboxylic acids is 2. The van der Waals surface area contributed by atoms with Crippen LogP contribution in [0.1, 0.15) is 32.6 Å². The predicted octanol–water partition coefficient (Wildman–Crippen LogP) is 1.19. The van der Waals surface area contributed by atoms with E-state index in [1.807, 2.05) is 19.1 Å². The molecule has 3 atom stereocenters. The summed E-state index contributed by atoms with van der Waals surface area (Å²) in [4.78, 5) is 36.6. The molecule has 0 radical (unpaired) electrons. The summed E-state index contributed by atoms with van der Waals surface area (Å²) < 4.78 is 0. The number of rotatable bonds is 4. The Bertz CT molecular complexity index is 389. The van der Waals surface area contributed by atoms with E-state index in [4.69, 9.17) is 0 Å². The number of carboxylic acids is 1. The van der Waals surface area contributed by atoms with Gasteiger partial charge in [-0.3, -0.25) is 14.5 Å². The van der Waals surface area contributed by atoms with E-state index >= 15 is 0 Å². The van der Waals surface area contributed by atoms with Crippen molar-refractivity contribution in [2.75, 3.05) is 0 Å². The largest absolute Gasteiger partial charge is 0.480 e. The Morgan fingerprint density at radius 3 is 2.22 bits per heavy atom. The number of aliphatic carboxylic acids is 1. The summed E-state index contributed by atoms with van der Waals surface area (Å²) in [5, 5.41) is 9.17. The van der Waals surface area contributed by atoms with Gasteiger partial charge >= 0.3 is 5.97 Å². The Kier molecular flexibility index (Phi) is 3.50. The van der Waals surface area contributed by atoms with Crippen molar-refractivity contribution < 1.29 is 19.5 Å². The molecule has 1 aliphatic heterocycles. The number of fused-ring (bicyclic) bond motifs is 1. The molecule has 0 aromatic heterocycles. The maximum atomic E-state index is 12.2. The lowest BCUT2D eigenvalue weighted by atomic mass is 9.85. The molecule has 0 spiro atoms. The van der Waals surface area contributed by atoms with E-state index in [0.717, 1.165) is 4.90 Å². The SMILES string of the molecule is CCCC(C(=O)O)N1C(=O)C2CC=CCC2C1=O. The van der Waals surface area contributed by atoms with Crippen LogP contribution >= 0.6 is 0 Å². The molecule has 1 aliphatic carbocycles. The first-order valence-electron chi connectivity index (χ1n) is 6.32. The second kappa shape index (κ2) is 4.92. The zero-order valence-corrected chi connectivity index (χ0v) is 10.3. The van der Waals surface area contributed by atoms with Crippen LogP contribution in [0.2, 0.25) is 0 Å². The molecule has 1 N–H and O–H groups in total. The molecule has 0 aromatic carbocycles. The third-order valence-corrected chi connectivity index (χ3v) is 3.70. The lowest BCUT2D eigenvalue weighted by Crippen LogP contribution is -2.45. The normalized spacial score (nSPS) is 28.4. The first-order valence-corrected chi connectivity index (χ1v) is 6.32. The smallest absolute Gasteiger partial charge is 0.326 e. The van der Waals surface area contributed by atoms with Crippen molar-refractivity contribution >= 4 is 17.8 Å². The Labute approximate surface area is 105 Å². The van der Waals surface area contributed by atoms with Crippen molar-refractivity contribution in [3.05, 3.63) is 12.2 Å². The van der Waals surface area contributed by atoms with Gasteiger partial charge in [0.15, 0.2) is 0 Å². The van der Waals surface area contributed by atoms with E-state index in [1.165, 1.54) is 0 Å². The molecular weight excluding hydrogens is 234 g/mol. The van der Waals surface area contributed by atoms with Gasteiger partial charge in [-0.15, -0.1) is 0 Å². The summed E-state index contributed by atoms with van der Waals surface area (Å²) >= 11 is 0. The second-order valence-corrected chi connectivity index (χ2v) is 4.84. The fourth-order valence-corrected chi connectivity index (χ4v) is 2.77. The molecule has 5 nitrogen and oxygen atoms in total. The van der Waals surface area contributed by atoms with E-state index in [-0.39, 0.29) is 23.7 Å². The molecule has 0 saturated carbocycles. The first-order chi connectivity index (χ1) is 8.57. The monoisotopic (exact) mass is 251 g/mol. The van der Waals surface area contributed by atoms with Gasteiger partial charge in [-0.05, 0) is 19.3 Å². The number of hydrogen-bond acceptors (Lipinski definition) is 3. The third-order valence-electron chi connectivity index (χ3n) is 3.70. The van der Waals surface area contributed by atoms with E-state index < -0.39 is 12.0 Å². The number of allylic oxidation sites excluding steroid dienone is 2. The number of hydrogen-bond donors (Lipinski definition) is 1. The number of imide groups is 1. The fourth-order valence-electron chi connectivity index (χ4n) is 2.77. The zero-order chi connectivity index (χ0) is 13.3. The highest BCUT2D eigenvalue weighted by molar-refractivity contribution is 6.07. The molecule has 2 aliphatic rings. The molecule has 18 heavy (non-hydrogen) atoms. The number of nitrogens with zero attached hydrogens (tertiary/aromatic N) is 1. The van der Waals surface area contributed by atoms with Gasteiger partial charge in [-0.1, -0.05) is 25.5 Å². The van der Waals surface area contributed by atoms with Crippen LogP contribution in [0.5, 0.6) is 0 Å². The van der Waals surface area contributed by atoms with Crippen molar-refractivity contribution in [1.29, 1.82) is 0 Å². The Balaban J connectivity index is 2.26. The minimum Gasteiger partial charge on any atom is -0.480 e. The number of carboxylic acid groups (broad SMARTS) is 1. The standard InChI is InChI=1S/C13H17NO4/c1-2-5-10(13(17)18)14-11(15)8-6-3-4-7-9(8)12(14)16/h3-4,8-10H,2,5-7H2,1H3,(H,17,18). The summed E-state index contributed by atoms with van der Waals surface area (Å²) in [6.07, 6.45) is 5.83. The summed E-state index contributed by atoms with van der Waals surface area (Å²) in [5.74, 6) is -2.40. The predicted molar refractivity (Wildman–Crippen MR) is 63.5 cm³/mol. The molecule has 3 unspecified atom stereocenters. The van der Waals surface area contributed by atoms with Gasteiger partial charge in [-0.25, -0.2) is 4.79 Å². The molecule has 2 amide bonds. The van der Waals surface area contributed by atoms with Crippen molar-refractivity contribution in [2.24, 2.45) is 11.8 Å². The first kappa shape index (κ1) is 12.8. The summed E-state index contributed by atoms with van der Waals surface area (Å²) in [6, 6.07) is -0.999. The van der Waals surface area contributed by atoms with Crippen LogP contribution in [-0.4, -0.2) is 33.8 Å². The van der Waals surface area contributed by atoms with E-state index in [2.05, 4.69) is 0 Å². The molecule has 0 aromatic rings. The molecule has 98 valence electrons. The van der Waals surface area contributed by atoms with Gasteiger partial charge in [0.1, 0.15) is 6.04 Å². The van der Waals surface area contributed by atoms with Crippen LogP contribution in [0.3, 0.4) is 0 Å². The fraction of sp³-hybridized carbons (Fsp3) is 0.615. The van der Waals surface area contributed by atoms with Gasteiger partial charge < -0.3 is 5.11 Å². The average molecular weight is 251 g/mol. The van der Waals surface area contributed by atoms with Gasteiger partial charge in [0.05, 0.1) is 11.8 Å². The maximum Gasteiger partial charge on any atom is 0.326 e. The molecule has 1 saturated heterocycles. The third kappa shape index (κ3) is 1.94. The topological polar surface area (TPSA) is 74.7 Å². The van der Waals surface area contributed by atoms with Gasteiger partial charge in [0, 0.05) is 0 Å². The van der Waals surface area contributed by atoms with Crippen LogP contribution in [0, 0.1) is 11.8 Å². The molecule has 1 fully saturated rings. The number of likely N-dealkylation sites (tertiary alicyclic amines) is 1. The summed E-state index contributed by atoms with van der Waals surface area (Å²) in [6.45, 7) is 1.84. The average Bonchev–Trinajstić information content (AvgIpc) is 2.60. The molecule has 2 rings (SSSR count). The minimum absolute atomic E-state index is 0.310. The molecule has 5 heteroatoms. The van der Waals surface area contributed by atoms with Crippen LogP contribution in [0.15, 0.2) is 12.2 Å². The maximum absolute atomic E-state index is 12.2. The van der Waals surface area contributed by atoms with Crippen LogP contribution in [-0.2, 0) is 14.4 Å². The molecule has 0 bridgehead atoms. The Morgan fingerprint density at radius 2 is 1.83 bits per heavy atom. The van der Waals surface area contributed by atoms with Crippen molar-refractivity contribution in [2.45, 2.75) is 38.6 Å². The quantitative estimate of drug-likeness (QED) is 0.601. The highest BCUT2D eigenvalue weighted by Crippen LogP contribution is 2.36. The van der Waals surface area contributed by atoms with E-state index in [1.54, 1.807) is 0 Å². The Hall–Kier alpha value is -1.65. The lowest BCUT2D eigenvalue weighted by molar-refractivity contribution is -0.155. The minimum atomic E-state index is -1.09. The van der Waals surface area contributed by atoms with Crippen molar-refractivity contribution in [3.63, 3.8) is 0 Å². The van der Waals surface area contributed by atoms with Gasteiger partial charge in [0.2, 0.25) is 11.8 Å². The van der Waals surface area contributed by atoms with Crippen LogP contribution in [0.25, 0.3) is 0 Å². The highest BCUT2D eigenvalue weighted by Gasteiger charge is 2.50. The highest BCUT2D eigenvalue weighted by atomic mass is 16.4. The van der Waals surface area contributed by atoms with Gasteiger partial charge in [-0.2, -0.15) is 0 Å². The van der Waals surface area contributed by atoms with Crippen LogP contribution < -0.4 is 0 Å². The van der Waals surface area contributed by atoms with Crippen molar-refractivity contribution in [3.8, 4) is 0 Å². The zero-order valence-electron chi connectivity index (χ0n) is 10.3. The number of amides is 2. The second-order valence-electron chi connectivity index (χ2n) is 4.84. The molecular formula is C13H17NO4. The summed E-state index contributed by atoms with van der Waals surface area (Å²) in [7, 11) is 0. The number of carbonyl (C=O) groups is 3. The van der Waals surface area contributed by atoms with Gasteiger partial charge in [0.25, 0.3) is 0 Å².